The summed E-state index contributed by atoms with van der Waals surface area (Å²) in [6.07, 6.45) is 1.87. The van der Waals surface area contributed by atoms with Crippen molar-refractivity contribution >= 4 is 39.9 Å². The smallest absolute Gasteiger partial charge is 0.257 e. The van der Waals surface area contributed by atoms with E-state index in [4.69, 9.17) is 11.6 Å². The number of anilines is 1. The summed E-state index contributed by atoms with van der Waals surface area (Å²) in [5.41, 5.74) is 1.95. The van der Waals surface area contributed by atoms with Gasteiger partial charge in [0.05, 0.1) is 21.8 Å². The van der Waals surface area contributed by atoms with Gasteiger partial charge in [0.2, 0.25) is 0 Å². The van der Waals surface area contributed by atoms with Gasteiger partial charge in [-0.3, -0.25) is 9.59 Å². The van der Waals surface area contributed by atoms with Gasteiger partial charge in [-0.15, -0.1) is 0 Å². The highest BCUT2D eigenvalue weighted by molar-refractivity contribution is 6.34. The quantitative estimate of drug-likeness (QED) is 0.753. The predicted molar refractivity (Wildman–Crippen MR) is 96.7 cm³/mol. The lowest BCUT2D eigenvalue weighted by atomic mass is 10.1. The summed E-state index contributed by atoms with van der Waals surface area (Å²) in [5.74, 6) is -0.728. The van der Waals surface area contributed by atoms with E-state index >= 15 is 0 Å². The minimum Gasteiger partial charge on any atom is -0.347 e. The van der Waals surface area contributed by atoms with Gasteiger partial charge < -0.3 is 9.88 Å². The number of fused-ring (bicyclic) bond motifs is 1. The molecular formula is C19H16ClFN2O2. The van der Waals surface area contributed by atoms with Crippen LogP contribution in [0.5, 0.6) is 0 Å². The molecule has 3 aromatic rings. The van der Waals surface area contributed by atoms with Crippen molar-refractivity contribution in [1.29, 1.82) is 0 Å². The number of Topliss-reactive ketones (excluding diaryl/α,β-unsaturated/α-hetero) is 1. The molecule has 3 rings (SSSR count). The molecule has 2 aromatic carbocycles. The van der Waals surface area contributed by atoms with Crippen molar-refractivity contribution in [3.63, 3.8) is 0 Å². The van der Waals surface area contributed by atoms with Crippen molar-refractivity contribution in [2.45, 2.75) is 13.3 Å². The van der Waals surface area contributed by atoms with Gasteiger partial charge in [-0.2, -0.15) is 0 Å². The number of para-hydroxylation sites is 1. The van der Waals surface area contributed by atoms with Crippen molar-refractivity contribution in [3.05, 3.63) is 64.6 Å². The third-order valence-corrected chi connectivity index (χ3v) is 4.24. The largest absolute Gasteiger partial charge is 0.347 e. The molecule has 4 nitrogen and oxygen atoms in total. The Kier molecular flexibility index (Phi) is 4.59. The number of rotatable bonds is 4. The monoisotopic (exact) mass is 358 g/mol. The summed E-state index contributed by atoms with van der Waals surface area (Å²) in [4.78, 5) is 23.8. The van der Waals surface area contributed by atoms with E-state index in [9.17, 15) is 14.0 Å². The number of carbonyl (C=O) groups excluding carboxylic acids is 2. The van der Waals surface area contributed by atoms with Gasteiger partial charge in [0.25, 0.3) is 5.91 Å². The fourth-order valence-electron chi connectivity index (χ4n) is 2.85. The molecule has 0 radical (unpaired) electrons. The zero-order valence-electron chi connectivity index (χ0n) is 13.8. The Morgan fingerprint density at radius 1 is 1.24 bits per heavy atom. The van der Waals surface area contributed by atoms with E-state index in [1.54, 1.807) is 48.1 Å². The van der Waals surface area contributed by atoms with Gasteiger partial charge in [0.1, 0.15) is 11.6 Å². The Morgan fingerprint density at radius 3 is 2.68 bits per heavy atom. The van der Waals surface area contributed by atoms with E-state index in [-0.39, 0.29) is 23.9 Å². The average Bonchev–Trinajstić information content (AvgIpc) is 2.88. The minimum absolute atomic E-state index is 0.0330. The molecule has 0 fully saturated rings. The lowest BCUT2D eigenvalue weighted by molar-refractivity contribution is -0.116. The first-order chi connectivity index (χ1) is 11.9. The number of nitrogens with one attached hydrogen (secondary N) is 1. The first-order valence-corrected chi connectivity index (χ1v) is 8.07. The lowest BCUT2D eigenvalue weighted by Gasteiger charge is -2.08. The van der Waals surface area contributed by atoms with Crippen LogP contribution in [0.2, 0.25) is 5.02 Å². The number of amides is 1. The number of nitrogens with zero attached hydrogens (tertiary/aromatic N) is 1. The molecule has 6 heteroatoms. The van der Waals surface area contributed by atoms with Crippen LogP contribution in [0.25, 0.3) is 10.9 Å². The summed E-state index contributed by atoms with van der Waals surface area (Å²) >= 11 is 6.20. The van der Waals surface area contributed by atoms with Crippen LogP contribution < -0.4 is 5.32 Å². The third kappa shape index (κ3) is 3.42. The maximum absolute atomic E-state index is 14.0. The molecule has 0 saturated heterocycles. The number of hydrogen-bond acceptors (Lipinski definition) is 2. The molecule has 0 atom stereocenters. The number of halogens is 2. The number of aryl methyl sites for hydroxylation is 1. The summed E-state index contributed by atoms with van der Waals surface area (Å²) in [6.45, 7) is 1.50. The molecule has 0 aliphatic rings. The molecule has 0 unspecified atom stereocenters. The second-order valence-corrected chi connectivity index (χ2v) is 6.34. The second-order valence-electron chi connectivity index (χ2n) is 5.94. The number of ketones is 1. The zero-order valence-corrected chi connectivity index (χ0v) is 14.5. The Balaban J connectivity index is 1.91. The number of benzene rings is 2. The maximum atomic E-state index is 14.0. The van der Waals surface area contributed by atoms with E-state index in [2.05, 4.69) is 5.32 Å². The minimum atomic E-state index is -0.384. The first-order valence-electron chi connectivity index (χ1n) is 7.69. The van der Waals surface area contributed by atoms with Gasteiger partial charge in [0.15, 0.2) is 0 Å². The van der Waals surface area contributed by atoms with Crippen LogP contribution in [-0.4, -0.2) is 16.3 Å². The SMILES string of the molecule is CC(=O)Cc1ccc(NC(=O)c2cn(C)c3c(F)cccc23)c(Cl)c1. The predicted octanol–water partition coefficient (Wildman–Crippen LogP) is 4.35. The molecule has 0 saturated carbocycles. The summed E-state index contributed by atoms with van der Waals surface area (Å²) in [6, 6.07) is 9.68. The van der Waals surface area contributed by atoms with E-state index in [0.717, 1.165) is 5.56 Å². The molecule has 0 spiro atoms. The molecule has 0 aliphatic heterocycles. The van der Waals surface area contributed by atoms with Gasteiger partial charge in [-0.05, 0) is 30.7 Å². The zero-order chi connectivity index (χ0) is 18.1. The molecule has 1 heterocycles. The molecule has 0 bridgehead atoms. The van der Waals surface area contributed by atoms with Crippen molar-refractivity contribution in [1.82, 2.24) is 4.57 Å². The Bertz CT molecular complexity index is 994. The van der Waals surface area contributed by atoms with E-state index in [1.165, 1.54) is 13.0 Å². The highest BCUT2D eigenvalue weighted by atomic mass is 35.5. The van der Waals surface area contributed by atoms with Crippen LogP contribution in [0.1, 0.15) is 22.8 Å². The molecule has 1 amide bonds. The van der Waals surface area contributed by atoms with Gasteiger partial charge in [0, 0.05) is 25.1 Å². The van der Waals surface area contributed by atoms with E-state index in [0.29, 0.717) is 27.2 Å². The fourth-order valence-corrected chi connectivity index (χ4v) is 3.10. The van der Waals surface area contributed by atoms with Crippen LogP contribution in [0, 0.1) is 5.82 Å². The van der Waals surface area contributed by atoms with Crippen LogP contribution in [0.3, 0.4) is 0 Å². The molecular weight excluding hydrogens is 343 g/mol. The molecule has 1 N–H and O–H groups in total. The van der Waals surface area contributed by atoms with Gasteiger partial charge in [-0.1, -0.05) is 29.8 Å². The Morgan fingerprint density at radius 2 is 2.00 bits per heavy atom. The lowest BCUT2D eigenvalue weighted by Crippen LogP contribution is -2.12. The van der Waals surface area contributed by atoms with Gasteiger partial charge >= 0.3 is 0 Å². The van der Waals surface area contributed by atoms with E-state index in [1.807, 2.05) is 0 Å². The first kappa shape index (κ1) is 17.2. The topological polar surface area (TPSA) is 51.1 Å². The highest BCUT2D eigenvalue weighted by Gasteiger charge is 2.17. The summed E-state index contributed by atoms with van der Waals surface area (Å²) < 4.78 is 15.5. The Hall–Kier alpha value is -2.66. The fraction of sp³-hybridized carbons (Fsp3) is 0.158. The molecule has 1 aromatic heterocycles. The number of aromatic nitrogens is 1. The average molecular weight is 359 g/mol. The highest BCUT2D eigenvalue weighted by Crippen LogP contribution is 2.27. The van der Waals surface area contributed by atoms with Crippen LogP contribution >= 0.6 is 11.6 Å². The Labute approximate surface area is 149 Å². The third-order valence-electron chi connectivity index (χ3n) is 3.93. The van der Waals surface area contributed by atoms with Crippen molar-refractivity contribution in [2.24, 2.45) is 7.05 Å². The van der Waals surface area contributed by atoms with Crippen LogP contribution in [0.4, 0.5) is 10.1 Å². The standard InChI is InChI=1S/C19H16ClFN2O2/c1-11(24)8-12-6-7-17(15(20)9-12)22-19(25)14-10-23(2)18-13(14)4-3-5-16(18)21/h3-7,9-10H,8H2,1-2H3,(H,22,25). The van der Waals surface area contributed by atoms with Crippen molar-refractivity contribution < 1.29 is 14.0 Å². The van der Waals surface area contributed by atoms with Crippen molar-refractivity contribution in [2.75, 3.05) is 5.32 Å². The van der Waals surface area contributed by atoms with E-state index < -0.39 is 0 Å². The van der Waals surface area contributed by atoms with Crippen LogP contribution in [-0.2, 0) is 18.3 Å². The number of carbonyl (C=O) groups is 2. The number of hydrogen-bond donors (Lipinski definition) is 1. The molecule has 25 heavy (non-hydrogen) atoms. The van der Waals surface area contributed by atoms with Crippen molar-refractivity contribution in [3.8, 4) is 0 Å². The second kappa shape index (κ2) is 6.69. The normalized spacial score (nSPS) is 10.9. The maximum Gasteiger partial charge on any atom is 0.257 e. The summed E-state index contributed by atoms with van der Waals surface area (Å²) in [7, 11) is 1.69. The van der Waals surface area contributed by atoms with Crippen LogP contribution in [0.15, 0.2) is 42.6 Å². The van der Waals surface area contributed by atoms with Gasteiger partial charge in [-0.25, -0.2) is 4.39 Å². The molecule has 0 aliphatic carbocycles. The summed E-state index contributed by atoms with van der Waals surface area (Å²) in [5, 5.41) is 3.62. The molecule has 128 valence electrons.